The van der Waals surface area contributed by atoms with Crippen LogP contribution in [-0.4, -0.2) is 39.1 Å². The minimum Gasteiger partial charge on any atom is -0.493 e. The predicted octanol–water partition coefficient (Wildman–Crippen LogP) is 1.82. The van der Waals surface area contributed by atoms with E-state index in [2.05, 4.69) is 5.32 Å². The summed E-state index contributed by atoms with van der Waals surface area (Å²) in [4.78, 5) is 0. The second-order valence-corrected chi connectivity index (χ2v) is 4.98. The molecule has 0 saturated heterocycles. The molecule has 5 nitrogen and oxygen atoms in total. The molecule has 0 amide bonds. The molecule has 1 aromatic carbocycles. The third-order valence-corrected chi connectivity index (χ3v) is 3.18. The molecule has 0 saturated carbocycles. The van der Waals surface area contributed by atoms with Crippen LogP contribution in [0, 0.1) is 5.92 Å². The largest absolute Gasteiger partial charge is 0.493 e. The van der Waals surface area contributed by atoms with E-state index in [9.17, 15) is 5.11 Å². The van der Waals surface area contributed by atoms with E-state index in [1.165, 1.54) is 0 Å². The molecule has 0 fully saturated rings. The zero-order chi connectivity index (χ0) is 15.1. The lowest BCUT2D eigenvalue weighted by atomic mass is 10.1. The molecule has 1 rings (SSSR count). The molecule has 2 N–H and O–H groups in total. The first-order valence-corrected chi connectivity index (χ1v) is 6.71. The first kappa shape index (κ1) is 16.6. The summed E-state index contributed by atoms with van der Waals surface area (Å²) >= 11 is 0. The first-order chi connectivity index (χ1) is 9.53. The van der Waals surface area contributed by atoms with Crippen molar-refractivity contribution < 1.29 is 19.3 Å². The van der Waals surface area contributed by atoms with Gasteiger partial charge in [0.25, 0.3) is 0 Å². The molecule has 20 heavy (non-hydrogen) atoms. The van der Waals surface area contributed by atoms with Gasteiger partial charge in [0.1, 0.15) is 0 Å². The average Bonchev–Trinajstić information content (AvgIpc) is 2.45. The molecule has 1 unspecified atom stereocenters. The van der Waals surface area contributed by atoms with Gasteiger partial charge in [-0.15, -0.1) is 0 Å². The summed E-state index contributed by atoms with van der Waals surface area (Å²) < 4.78 is 15.9. The zero-order valence-electron chi connectivity index (χ0n) is 12.9. The standard InChI is InChI=1S/C15H25NO4/c1-10(2)12(17)9-16-8-11-6-13(18-3)15(20-5)14(7-11)19-4/h6-7,10,12,16-17H,8-9H2,1-5H3. The lowest BCUT2D eigenvalue weighted by molar-refractivity contribution is 0.123. The third kappa shape index (κ3) is 4.28. The van der Waals surface area contributed by atoms with Crippen LogP contribution in [0.2, 0.25) is 0 Å². The van der Waals surface area contributed by atoms with Gasteiger partial charge in [-0.2, -0.15) is 0 Å². The van der Waals surface area contributed by atoms with Gasteiger partial charge in [0.2, 0.25) is 5.75 Å². The predicted molar refractivity (Wildman–Crippen MR) is 78.6 cm³/mol. The van der Waals surface area contributed by atoms with E-state index >= 15 is 0 Å². The van der Waals surface area contributed by atoms with Crippen LogP contribution in [0.1, 0.15) is 19.4 Å². The van der Waals surface area contributed by atoms with Crippen LogP contribution in [0.15, 0.2) is 12.1 Å². The van der Waals surface area contributed by atoms with Crippen LogP contribution >= 0.6 is 0 Å². The summed E-state index contributed by atoms with van der Waals surface area (Å²) in [6, 6.07) is 3.80. The maximum atomic E-state index is 9.76. The number of hydrogen-bond acceptors (Lipinski definition) is 5. The summed E-state index contributed by atoms with van der Waals surface area (Å²) in [7, 11) is 4.77. The van der Waals surface area contributed by atoms with Crippen molar-refractivity contribution in [2.24, 2.45) is 5.92 Å². The van der Waals surface area contributed by atoms with Crippen LogP contribution in [0.3, 0.4) is 0 Å². The van der Waals surface area contributed by atoms with E-state index in [0.29, 0.717) is 30.3 Å². The molecule has 0 aliphatic carbocycles. The summed E-state index contributed by atoms with van der Waals surface area (Å²) in [6.45, 7) is 5.16. The van der Waals surface area contributed by atoms with Gasteiger partial charge in [0, 0.05) is 13.1 Å². The van der Waals surface area contributed by atoms with E-state index < -0.39 is 0 Å². The molecule has 1 atom stereocenters. The molecule has 5 heteroatoms. The molecule has 0 radical (unpaired) electrons. The third-order valence-electron chi connectivity index (χ3n) is 3.18. The Labute approximate surface area is 120 Å². The number of methoxy groups -OCH3 is 3. The lowest BCUT2D eigenvalue weighted by Gasteiger charge is -2.17. The molecule has 0 aliphatic heterocycles. The molecule has 0 aromatic heterocycles. The molecular weight excluding hydrogens is 258 g/mol. The Kier molecular flexibility index (Phi) is 6.61. The number of aliphatic hydroxyl groups is 1. The van der Waals surface area contributed by atoms with E-state index in [4.69, 9.17) is 14.2 Å². The highest BCUT2D eigenvalue weighted by Gasteiger charge is 2.13. The summed E-state index contributed by atoms with van der Waals surface area (Å²) in [6.07, 6.45) is -0.350. The molecule has 0 aliphatic rings. The van der Waals surface area contributed by atoms with Crippen molar-refractivity contribution in [2.45, 2.75) is 26.5 Å². The smallest absolute Gasteiger partial charge is 0.203 e. The van der Waals surface area contributed by atoms with E-state index in [-0.39, 0.29) is 12.0 Å². The fourth-order valence-electron chi connectivity index (χ4n) is 1.84. The fraction of sp³-hybridized carbons (Fsp3) is 0.600. The van der Waals surface area contributed by atoms with Gasteiger partial charge in [0.15, 0.2) is 11.5 Å². The monoisotopic (exact) mass is 283 g/mol. The Hall–Kier alpha value is -1.46. The van der Waals surface area contributed by atoms with Crippen LogP contribution in [0.5, 0.6) is 17.2 Å². The van der Waals surface area contributed by atoms with Gasteiger partial charge in [-0.05, 0) is 23.6 Å². The average molecular weight is 283 g/mol. The lowest BCUT2D eigenvalue weighted by Crippen LogP contribution is -2.30. The Morgan fingerprint density at radius 1 is 1.05 bits per heavy atom. The summed E-state index contributed by atoms with van der Waals surface area (Å²) in [5, 5.41) is 13.0. The molecular formula is C15H25NO4. The van der Waals surface area contributed by atoms with Crippen molar-refractivity contribution in [3.8, 4) is 17.2 Å². The maximum absolute atomic E-state index is 9.76. The van der Waals surface area contributed by atoms with Crippen molar-refractivity contribution in [1.82, 2.24) is 5.32 Å². The molecule has 1 aromatic rings. The van der Waals surface area contributed by atoms with Crippen molar-refractivity contribution in [1.29, 1.82) is 0 Å². The van der Waals surface area contributed by atoms with Crippen molar-refractivity contribution in [3.63, 3.8) is 0 Å². The quantitative estimate of drug-likeness (QED) is 0.762. The maximum Gasteiger partial charge on any atom is 0.203 e. The van der Waals surface area contributed by atoms with Gasteiger partial charge in [-0.3, -0.25) is 0 Å². The van der Waals surface area contributed by atoms with E-state index in [1.54, 1.807) is 21.3 Å². The Morgan fingerprint density at radius 3 is 2.00 bits per heavy atom. The topological polar surface area (TPSA) is 60.0 Å². The fourth-order valence-corrected chi connectivity index (χ4v) is 1.84. The first-order valence-electron chi connectivity index (χ1n) is 6.71. The van der Waals surface area contributed by atoms with E-state index in [0.717, 1.165) is 5.56 Å². The minimum atomic E-state index is -0.350. The second kappa shape index (κ2) is 7.97. The van der Waals surface area contributed by atoms with Crippen molar-refractivity contribution in [2.75, 3.05) is 27.9 Å². The van der Waals surface area contributed by atoms with Gasteiger partial charge < -0.3 is 24.6 Å². The Bertz CT molecular complexity index is 395. The van der Waals surface area contributed by atoms with Crippen LogP contribution in [0.25, 0.3) is 0 Å². The zero-order valence-corrected chi connectivity index (χ0v) is 12.9. The highest BCUT2D eigenvalue weighted by Crippen LogP contribution is 2.38. The minimum absolute atomic E-state index is 0.238. The highest BCUT2D eigenvalue weighted by molar-refractivity contribution is 5.53. The normalized spacial score (nSPS) is 12.3. The van der Waals surface area contributed by atoms with Crippen LogP contribution in [0.4, 0.5) is 0 Å². The number of aliphatic hydroxyl groups excluding tert-OH is 1. The van der Waals surface area contributed by atoms with Gasteiger partial charge in [0.05, 0.1) is 27.4 Å². The van der Waals surface area contributed by atoms with Crippen LogP contribution < -0.4 is 19.5 Å². The number of nitrogens with one attached hydrogen (secondary N) is 1. The SMILES string of the molecule is COc1cc(CNCC(O)C(C)C)cc(OC)c1OC. The number of hydrogen-bond donors (Lipinski definition) is 2. The van der Waals surface area contributed by atoms with Gasteiger partial charge >= 0.3 is 0 Å². The number of benzene rings is 1. The Balaban J connectivity index is 2.76. The van der Waals surface area contributed by atoms with Gasteiger partial charge in [-0.25, -0.2) is 0 Å². The molecule has 0 bridgehead atoms. The highest BCUT2D eigenvalue weighted by atomic mass is 16.5. The second-order valence-electron chi connectivity index (χ2n) is 4.98. The number of ether oxygens (including phenoxy) is 3. The van der Waals surface area contributed by atoms with E-state index in [1.807, 2.05) is 26.0 Å². The molecule has 0 heterocycles. The molecule has 114 valence electrons. The van der Waals surface area contributed by atoms with Crippen molar-refractivity contribution >= 4 is 0 Å². The summed E-state index contributed by atoms with van der Waals surface area (Å²) in [5.74, 6) is 2.09. The summed E-state index contributed by atoms with van der Waals surface area (Å²) in [5.41, 5.74) is 1.01. The van der Waals surface area contributed by atoms with Crippen LogP contribution in [-0.2, 0) is 6.54 Å². The Morgan fingerprint density at radius 2 is 1.60 bits per heavy atom. The molecule has 0 spiro atoms. The number of rotatable bonds is 8. The van der Waals surface area contributed by atoms with Crippen molar-refractivity contribution in [3.05, 3.63) is 17.7 Å². The van der Waals surface area contributed by atoms with Gasteiger partial charge in [-0.1, -0.05) is 13.8 Å².